The average Bonchev–Trinajstić information content (AvgIpc) is 3.56. The molecule has 0 radical (unpaired) electrons. The molecule has 0 saturated heterocycles. The molecule has 0 spiro atoms. The van der Waals surface area contributed by atoms with Crippen LogP contribution in [0.5, 0.6) is 5.75 Å². The van der Waals surface area contributed by atoms with E-state index in [0.29, 0.717) is 12.2 Å². The van der Waals surface area contributed by atoms with Gasteiger partial charge in [-0.1, -0.05) is 35.6 Å². The summed E-state index contributed by atoms with van der Waals surface area (Å²) < 4.78 is 56.7. The third-order valence-corrected chi connectivity index (χ3v) is 7.16. The second-order valence-electron chi connectivity index (χ2n) is 7.85. The van der Waals surface area contributed by atoms with Crippen LogP contribution in [0.3, 0.4) is 0 Å². The Labute approximate surface area is 212 Å². The molecule has 2 aromatic heterocycles. The Hall–Kier alpha value is -3.31. The number of alkyl halides is 3. The summed E-state index contributed by atoms with van der Waals surface area (Å²) in [5.41, 5.74) is -2.05. The number of nitrogens with zero attached hydrogens (tertiary/aromatic N) is 4. The molecule has 0 bridgehead atoms. The van der Waals surface area contributed by atoms with Gasteiger partial charge in [-0.3, -0.25) is 4.68 Å². The Balaban J connectivity index is 1.22. The van der Waals surface area contributed by atoms with Gasteiger partial charge in [0.25, 0.3) is 0 Å². The van der Waals surface area contributed by atoms with Crippen LogP contribution in [-0.4, -0.2) is 29.7 Å². The van der Waals surface area contributed by atoms with Crippen molar-refractivity contribution >= 4 is 34.3 Å². The van der Waals surface area contributed by atoms with Crippen LogP contribution in [0.15, 0.2) is 71.2 Å². The Morgan fingerprint density at radius 1 is 1.03 bits per heavy atom. The quantitative estimate of drug-likeness (QED) is 0.217. The van der Waals surface area contributed by atoms with E-state index >= 15 is 0 Å². The van der Waals surface area contributed by atoms with Crippen LogP contribution in [0.2, 0.25) is 0 Å². The molecule has 0 aliphatic heterocycles. The van der Waals surface area contributed by atoms with Crippen molar-refractivity contribution in [3.8, 4) is 5.75 Å². The SMILES string of the molecule is O=S(c1ccc(C=Cc2nc(COc3ccc(CCCCn4ccnn4)cc3)cs2)cc1)C(F)(F)F. The molecule has 0 N–H and O–H groups in total. The first kappa shape index (κ1) is 25.8. The molecular weight excluding hydrogens is 509 g/mol. The summed E-state index contributed by atoms with van der Waals surface area (Å²) in [6.07, 6.45) is 10.1. The van der Waals surface area contributed by atoms with Crippen molar-refractivity contribution in [2.45, 2.75) is 42.8 Å². The maximum Gasteiger partial charge on any atom is 0.475 e. The van der Waals surface area contributed by atoms with Gasteiger partial charge in [0, 0.05) is 23.0 Å². The van der Waals surface area contributed by atoms with Gasteiger partial charge in [-0.25, -0.2) is 9.19 Å². The summed E-state index contributed by atoms with van der Waals surface area (Å²) in [4.78, 5) is 4.23. The fraction of sp³-hybridized carbons (Fsp3) is 0.240. The highest BCUT2D eigenvalue weighted by atomic mass is 32.2. The van der Waals surface area contributed by atoms with Gasteiger partial charge in [-0.2, -0.15) is 13.2 Å². The Bertz CT molecular complexity index is 1290. The van der Waals surface area contributed by atoms with Crippen LogP contribution in [0, 0.1) is 0 Å². The topological polar surface area (TPSA) is 69.9 Å². The molecule has 0 amide bonds. The molecule has 0 aliphatic carbocycles. The standard InChI is InChI=1S/C25H23F3N4O2S2/c26-25(27,28)36(33)23-11-6-20(7-12-23)8-13-24-30-21(18-35-24)17-34-22-9-4-19(5-10-22)3-1-2-15-32-16-14-29-31-32/h4-14,16,18H,1-3,15,17H2. The third-order valence-electron chi connectivity index (χ3n) is 5.18. The molecule has 36 heavy (non-hydrogen) atoms. The van der Waals surface area contributed by atoms with E-state index in [9.17, 15) is 17.4 Å². The number of rotatable bonds is 11. The molecular formula is C25H23F3N4O2S2. The zero-order chi connectivity index (χ0) is 25.4. The molecule has 188 valence electrons. The highest BCUT2D eigenvalue weighted by Crippen LogP contribution is 2.26. The predicted molar refractivity (Wildman–Crippen MR) is 134 cm³/mol. The number of hydrogen-bond acceptors (Lipinski definition) is 6. The van der Waals surface area contributed by atoms with Crippen LogP contribution < -0.4 is 4.74 Å². The van der Waals surface area contributed by atoms with Gasteiger partial charge in [0.15, 0.2) is 10.8 Å². The number of ether oxygens (including phenoxy) is 1. The molecule has 6 nitrogen and oxygen atoms in total. The van der Waals surface area contributed by atoms with Crippen LogP contribution in [0.1, 0.15) is 34.7 Å². The molecule has 0 fully saturated rings. The van der Waals surface area contributed by atoms with E-state index in [-0.39, 0.29) is 4.90 Å². The second-order valence-corrected chi connectivity index (χ2v) is 10.2. The molecule has 1 unspecified atom stereocenters. The minimum Gasteiger partial charge on any atom is -0.487 e. The maximum atomic E-state index is 12.6. The number of thiazole rings is 1. The van der Waals surface area contributed by atoms with Gasteiger partial charge in [-0.15, -0.1) is 16.4 Å². The first-order chi connectivity index (χ1) is 17.4. The minimum atomic E-state index is -4.77. The Morgan fingerprint density at radius 3 is 2.50 bits per heavy atom. The van der Waals surface area contributed by atoms with Gasteiger partial charge in [-0.05, 0) is 60.7 Å². The maximum absolute atomic E-state index is 12.6. The fourth-order valence-electron chi connectivity index (χ4n) is 3.33. The van der Waals surface area contributed by atoms with Crippen molar-refractivity contribution in [3.63, 3.8) is 0 Å². The normalized spacial score (nSPS) is 12.8. The third kappa shape index (κ3) is 7.59. The van der Waals surface area contributed by atoms with E-state index < -0.39 is 16.3 Å². The van der Waals surface area contributed by atoms with Crippen molar-refractivity contribution in [2.24, 2.45) is 0 Å². The zero-order valence-electron chi connectivity index (χ0n) is 19.1. The van der Waals surface area contributed by atoms with E-state index in [1.54, 1.807) is 18.3 Å². The van der Waals surface area contributed by atoms with Gasteiger partial charge < -0.3 is 4.74 Å². The van der Waals surface area contributed by atoms with Crippen LogP contribution >= 0.6 is 11.3 Å². The summed E-state index contributed by atoms with van der Waals surface area (Å²) >= 11 is 1.44. The molecule has 0 aliphatic rings. The van der Waals surface area contributed by atoms with Gasteiger partial charge in [0.05, 0.1) is 11.9 Å². The molecule has 1 atom stereocenters. The average molecular weight is 533 g/mol. The van der Waals surface area contributed by atoms with Crippen LogP contribution in [-0.2, 0) is 30.4 Å². The summed E-state index contributed by atoms with van der Waals surface area (Å²) in [6, 6.07) is 13.5. The van der Waals surface area contributed by atoms with E-state index in [1.165, 1.54) is 41.2 Å². The smallest absolute Gasteiger partial charge is 0.475 e. The number of benzene rings is 2. The zero-order valence-corrected chi connectivity index (χ0v) is 20.7. The highest BCUT2D eigenvalue weighted by Gasteiger charge is 2.37. The van der Waals surface area contributed by atoms with E-state index in [2.05, 4.69) is 27.4 Å². The first-order valence-corrected chi connectivity index (χ1v) is 13.2. The van der Waals surface area contributed by atoms with Crippen molar-refractivity contribution in [2.75, 3.05) is 0 Å². The molecule has 4 rings (SSSR count). The van der Waals surface area contributed by atoms with E-state index in [0.717, 1.165) is 42.3 Å². The molecule has 2 aromatic carbocycles. The van der Waals surface area contributed by atoms with Gasteiger partial charge in [0.1, 0.15) is 17.4 Å². The number of hydrogen-bond donors (Lipinski definition) is 0. The monoisotopic (exact) mass is 532 g/mol. The van der Waals surface area contributed by atoms with E-state index in [1.807, 2.05) is 28.4 Å². The fourth-order valence-corrected chi connectivity index (χ4v) is 4.68. The molecule has 11 heteroatoms. The van der Waals surface area contributed by atoms with Crippen molar-refractivity contribution in [3.05, 3.63) is 88.1 Å². The lowest BCUT2D eigenvalue weighted by molar-refractivity contribution is -0.0384. The largest absolute Gasteiger partial charge is 0.487 e. The Kier molecular flexibility index (Phi) is 8.65. The molecule has 2 heterocycles. The number of halogens is 3. The van der Waals surface area contributed by atoms with Crippen LogP contribution in [0.25, 0.3) is 12.2 Å². The first-order valence-electron chi connectivity index (χ1n) is 11.1. The predicted octanol–water partition coefficient (Wildman–Crippen LogP) is 6.13. The number of aromatic nitrogens is 4. The van der Waals surface area contributed by atoms with Crippen molar-refractivity contribution in [1.82, 2.24) is 20.0 Å². The highest BCUT2D eigenvalue weighted by molar-refractivity contribution is 7.86. The summed E-state index contributed by atoms with van der Waals surface area (Å²) in [5.74, 6) is 0.766. The summed E-state index contributed by atoms with van der Waals surface area (Å²) in [5, 5.41) is 10.4. The lowest BCUT2D eigenvalue weighted by Gasteiger charge is -2.06. The van der Waals surface area contributed by atoms with Gasteiger partial charge >= 0.3 is 5.51 Å². The lowest BCUT2D eigenvalue weighted by atomic mass is 10.1. The van der Waals surface area contributed by atoms with Crippen molar-refractivity contribution < 1.29 is 22.1 Å². The van der Waals surface area contributed by atoms with Crippen molar-refractivity contribution in [1.29, 1.82) is 0 Å². The lowest BCUT2D eigenvalue weighted by Crippen LogP contribution is -2.16. The van der Waals surface area contributed by atoms with Crippen LogP contribution in [0.4, 0.5) is 13.2 Å². The number of unbranched alkanes of at least 4 members (excludes halogenated alkanes) is 1. The molecule has 0 saturated carbocycles. The number of aryl methyl sites for hydroxylation is 2. The van der Waals surface area contributed by atoms with Gasteiger partial charge in [0.2, 0.25) is 0 Å². The molecule has 4 aromatic rings. The Morgan fingerprint density at radius 2 is 1.81 bits per heavy atom. The van der Waals surface area contributed by atoms with E-state index in [4.69, 9.17) is 4.74 Å². The second kappa shape index (κ2) is 12.1. The minimum absolute atomic E-state index is 0.274. The summed E-state index contributed by atoms with van der Waals surface area (Å²) in [6.45, 7) is 1.20. The summed E-state index contributed by atoms with van der Waals surface area (Å²) in [7, 11) is -3.03.